The number of benzene rings is 1. The quantitative estimate of drug-likeness (QED) is 0.757. The van der Waals surface area contributed by atoms with Gasteiger partial charge in [0.25, 0.3) is 5.91 Å². The predicted molar refractivity (Wildman–Crippen MR) is 73.8 cm³/mol. The second-order valence-electron chi connectivity index (χ2n) is 4.31. The van der Waals surface area contributed by atoms with Crippen LogP contribution < -0.4 is 4.74 Å². The highest BCUT2D eigenvalue weighted by Crippen LogP contribution is 2.11. The largest absolute Gasteiger partial charge is 0.484 e. The Bertz CT molecular complexity index is 428. The molecule has 4 heteroatoms. The molecule has 0 aliphatic rings. The summed E-state index contributed by atoms with van der Waals surface area (Å²) < 4.78 is 5.44. The second-order valence-corrected chi connectivity index (χ2v) is 4.31. The molecule has 0 aromatic heterocycles. The summed E-state index contributed by atoms with van der Waals surface area (Å²) >= 11 is 0. The number of carbonyl (C=O) groups is 1. The molecule has 1 amide bonds. The average molecular weight is 260 g/mol. The van der Waals surface area contributed by atoms with E-state index in [0.29, 0.717) is 11.3 Å². The van der Waals surface area contributed by atoms with E-state index in [2.05, 4.69) is 13.8 Å². The van der Waals surface area contributed by atoms with Crippen molar-refractivity contribution in [1.82, 2.24) is 4.90 Å². The Morgan fingerprint density at radius 3 is 2.26 bits per heavy atom. The van der Waals surface area contributed by atoms with Crippen LogP contribution in [0, 0.1) is 11.3 Å². The van der Waals surface area contributed by atoms with Gasteiger partial charge in [0.2, 0.25) is 0 Å². The summed E-state index contributed by atoms with van der Waals surface area (Å²) in [6.07, 6.45) is 1.89. The van der Waals surface area contributed by atoms with Gasteiger partial charge in [0.15, 0.2) is 6.61 Å². The van der Waals surface area contributed by atoms with Gasteiger partial charge in [-0.3, -0.25) is 4.79 Å². The van der Waals surface area contributed by atoms with Gasteiger partial charge in [-0.25, -0.2) is 0 Å². The van der Waals surface area contributed by atoms with E-state index in [-0.39, 0.29) is 12.5 Å². The van der Waals surface area contributed by atoms with Crippen molar-refractivity contribution in [2.75, 3.05) is 19.7 Å². The average Bonchev–Trinajstić information content (AvgIpc) is 2.45. The molecule has 0 unspecified atom stereocenters. The molecule has 0 heterocycles. The van der Waals surface area contributed by atoms with Crippen LogP contribution in [0.3, 0.4) is 0 Å². The van der Waals surface area contributed by atoms with Gasteiger partial charge >= 0.3 is 0 Å². The first-order valence-corrected chi connectivity index (χ1v) is 6.62. The maximum absolute atomic E-state index is 12.0. The minimum Gasteiger partial charge on any atom is -0.484 e. The van der Waals surface area contributed by atoms with E-state index in [1.54, 1.807) is 24.3 Å². The number of nitrogens with zero attached hydrogens (tertiary/aromatic N) is 2. The summed E-state index contributed by atoms with van der Waals surface area (Å²) in [5, 5.41) is 8.69. The van der Waals surface area contributed by atoms with Crippen molar-refractivity contribution in [2.45, 2.75) is 26.7 Å². The van der Waals surface area contributed by atoms with Crippen molar-refractivity contribution in [3.63, 3.8) is 0 Å². The first-order valence-electron chi connectivity index (χ1n) is 6.62. The van der Waals surface area contributed by atoms with Gasteiger partial charge in [0.05, 0.1) is 11.6 Å². The Morgan fingerprint density at radius 2 is 1.79 bits per heavy atom. The zero-order valence-corrected chi connectivity index (χ0v) is 11.6. The van der Waals surface area contributed by atoms with E-state index in [1.807, 2.05) is 11.0 Å². The Labute approximate surface area is 114 Å². The lowest BCUT2D eigenvalue weighted by Gasteiger charge is -2.21. The number of hydrogen-bond donors (Lipinski definition) is 0. The van der Waals surface area contributed by atoms with E-state index < -0.39 is 0 Å². The molecule has 0 atom stereocenters. The molecule has 0 bridgehead atoms. The van der Waals surface area contributed by atoms with Gasteiger partial charge in [0, 0.05) is 13.1 Å². The topological polar surface area (TPSA) is 53.3 Å². The lowest BCUT2D eigenvalue weighted by Crippen LogP contribution is -2.36. The molecule has 0 fully saturated rings. The standard InChI is InChI=1S/C15H20N2O2/c1-3-9-17(10-4-2)15(18)12-19-14-7-5-13(11-16)6-8-14/h5-8H,3-4,9-10,12H2,1-2H3. The van der Waals surface area contributed by atoms with Gasteiger partial charge in [-0.15, -0.1) is 0 Å². The number of hydrogen-bond acceptors (Lipinski definition) is 3. The molecular weight excluding hydrogens is 240 g/mol. The van der Waals surface area contributed by atoms with Gasteiger partial charge in [-0.2, -0.15) is 5.26 Å². The summed E-state index contributed by atoms with van der Waals surface area (Å²) in [5.41, 5.74) is 0.581. The highest BCUT2D eigenvalue weighted by atomic mass is 16.5. The Balaban J connectivity index is 2.49. The summed E-state index contributed by atoms with van der Waals surface area (Å²) in [7, 11) is 0. The number of rotatable bonds is 7. The van der Waals surface area contributed by atoms with Crippen molar-refractivity contribution in [3.8, 4) is 11.8 Å². The minimum absolute atomic E-state index is 0.00746. The number of nitriles is 1. The molecule has 0 spiro atoms. The summed E-state index contributed by atoms with van der Waals surface area (Å²) in [5.74, 6) is 0.619. The first kappa shape index (κ1) is 15.0. The van der Waals surface area contributed by atoms with Gasteiger partial charge < -0.3 is 9.64 Å². The third-order valence-corrected chi connectivity index (χ3v) is 2.69. The highest BCUT2D eigenvalue weighted by Gasteiger charge is 2.12. The zero-order chi connectivity index (χ0) is 14.1. The van der Waals surface area contributed by atoms with Crippen LogP contribution in [0.1, 0.15) is 32.3 Å². The normalized spacial score (nSPS) is 9.74. The Kier molecular flexibility index (Phi) is 6.45. The van der Waals surface area contributed by atoms with E-state index in [0.717, 1.165) is 25.9 Å². The van der Waals surface area contributed by atoms with Crippen molar-refractivity contribution in [1.29, 1.82) is 5.26 Å². The van der Waals surface area contributed by atoms with Crippen LogP contribution >= 0.6 is 0 Å². The molecule has 0 N–H and O–H groups in total. The fourth-order valence-corrected chi connectivity index (χ4v) is 1.76. The molecule has 0 saturated heterocycles. The van der Waals surface area contributed by atoms with Crippen molar-refractivity contribution < 1.29 is 9.53 Å². The summed E-state index contributed by atoms with van der Waals surface area (Å²) in [6.45, 7) is 5.69. The lowest BCUT2D eigenvalue weighted by molar-refractivity contribution is -0.133. The fraction of sp³-hybridized carbons (Fsp3) is 0.467. The summed E-state index contributed by atoms with van der Waals surface area (Å²) in [6, 6.07) is 8.80. The molecule has 19 heavy (non-hydrogen) atoms. The van der Waals surface area contributed by atoms with Crippen molar-refractivity contribution in [2.24, 2.45) is 0 Å². The molecule has 4 nitrogen and oxygen atoms in total. The maximum Gasteiger partial charge on any atom is 0.260 e. The van der Waals surface area contributed by atoms with E-state index in [9.17, 15) is 4.79 Å². The first-order chi connectivity index (χ1) is 9.21. The van der Waals surface area contributed by atoms with Crippen LogP contribution in [-0.2, 0) is 4.79 Å². The fourth-order valence-electron chi connectivity index (χ4n) is 1.76. The molecular formula is C15H20N2O2. The van der Waals surface area contributed by atoms with Crippen LogP contribution in [0.5, 0.6) is 5.75 Å². The molecule has 1 rings (SSSR count). The Hall–Kier alpha value is -2.02. The molecule has 0 aliphatic carbocycles. The lowest BCUT2D eigenvalue weighted by atomic mass is 10.2. The molecule has 0 radical (unpaired) electrons. The van der Waals surface area contributed by atoms with Gasteiger partial charge in [-0.1, -0.05) is 13.8 Å². The minimum atomic E-state index is 0.00746. The van der Waals surface area contributed by atoms with Crippen LogP contribution in [-0.4, -0.2) is 30.5 Å². The smallest absolute Gasteiger partial charge is 0.260 e. The molecule has 0 aliphatic heterocycles. The third kappa shape index (κ3) is 5.01. The van der Waals surface area contributed by atoms with E-state index >= 15 is 0 Å². The van der Waals surface area contributed by atoms with Crippen LogP contribution in [0.4, 0.5) is 0 Å². The van der Waals surface area contributed by atoms with Crippen LogP contribution in [0.25, 0.3) is 0 Å². The van der Waals surface area contributed by atoms with Crippen molar-refractivity contribution >= 4 is 5.91 Å². The SMILES string of the molecule is CCCN(CCC)C(=O)COc1ccc(C#N)cc1. The number of amides is 1. The summed E-state index contributed by atoms with van der Waals surface area (Å²) in [4.78, 5) is 13.8. The molecule has 0 saturated carbocycles. The predicted octanol–water partition coefficient (Wildman–Crippen LogP) is 2.59. The van der Waals surface area contributed by atoms with Crippen LogP contribution in [0.2, 0.25) is 0 Å². The van der Waals surface area contributed by atoms with Crippen molar-refractivity contribution in [3.05, 3.63) is 29.8 Å². The zero-order valence-electron chi connectivity index (χ0n) is 11.6. The van der Waals surface area contributed by atoms with Gasteiger partial charge in [0.1, 0.15) is 5.75 Å². The number of ether oxygens (including phenoxy) is 1. The van der Waals surface area contributed by atoms with Crippen LogP contribution in [0.15, 0.2) is 24.3 Å². The van der Waals surface area contributed by atoms with E-state index in [4.69, 9.17) is 10.00 Å². The Morgan fingerprint density at radius 1 is 1.21 bits per heavy atom. The number of carbonyl (C=O) groups excluding carboxylic acids is 1. The molecule has 102 valence electrons. The van der Waals surface area contributed by atoms with Gasteiger partial charge in [-0.05, 0) is 37.1 Å². The molecule has 1 aromatic rings. The third-order valence-electron chi connectivity index (χ3n) is 2.69. The molecule has 1 aromatic carbocycles. The monoisotopic (exact) mass is 260 g/mol. The van der Waals surface area contributed by atoms with E-state index in [1.165, 1.54) is 0 Å². The maximum atomic E-state index is 12.0. The second kappa shape index (κ2) is 8.15. The highest BCUT2D eigenvalue weighted by molar-refractivity contribution is 5.77.